The number of aromatic nitrogens is 3. The lowest BCUT2D eigenvalue weighted by molar-refractivity contribution is -0.137. The highest BCUT2D eigenvalue weighted by atomic mass is 19.4. The summed E-state index contributed by atoms with van der Waals surface area (Å²) in [5, 5.41) is 0. The Balaban J connectivity index is 1.52. The van der Waals surface area contributed by atoms with Gasteiger partial charge in [0.25, 0.3) is 0 Å². The number of halogens is 3. The van der Waals surface area contributed by atoms with Crippen LogP contribution in [-0.4, -0.2) is 40.6 Å². The molecule has 26 heavy (non-hydrogen) atoms. The van der Waals surface area contributed by atoms with Crippen LogP contribution in [0, 0.1) is 12.8 Å². The van der Waals surface area contributed by atoms with E-state index in [2.05, 4.69) is 24.8 Å². The molecule has 4 heterocycles. The summed E-state index contributed by atoms with van der Waals surface area (Å²) in [6, 6.07) is 2.82. The molecule has 0 amide bonds. The third-order valence-corrected chi connectivity index (χ3v) is 5.29. The van der Waals surface area contributed by atoms with Crippen LogP contribution in [0.25, 0.3) is 0 Å². The number of pyridine rings is 1. The first-order chi connectivity index (χ1) is 12.4. The van der Waals surface area contributed by atoms with Crippen molar-refractivity contribution in [3.63, 3.8) is 0 Å². The minimum Gasteiger partial charge on any atom is -0.355 e. The van der Waals surface area contributed by atoms with Gasteiger partial charge in [0.05, 0.1) is 11.6 Å². The van der Waals surface area contributed by atoms with Gasteiger partial charge in [-0.25, -0.2) is 15.0 Å². The van der Waals surface area contributed by atoms with Crippen LogP contribution in [0.15, 0.2) is 30.7 Å². The van der Waals surface area contributed by atoms with Crippen molar-refractivity contribution >= 4 is 11.8 Å². The standard InChI is InChI=1S/C18H20F3N5/c1-12-8-23-17(24-9-12)26-7-5-13-4-6-25(11-15(13)26)16-3-2-14(10-22-16)18(19,20)21/h2-3,8-10,13,15H,4-7,11H2,1H3. The van der Waals surface area contributed by atoms with Gasteiger partial charge in [-0.15, -0.1) is 0 Å². The van der Waals surface area contributed by atoms with Crippen molar-refractivity contribution in [2.75, 3.05) is 29.4 Å². The Kier molecular flexibility index (Phi) is 4.20. The maximum Gasteiger partial charge on any atom is 0.417 e. The van der Waals surface area contributed by atoms with E-state index in [1.165, 1.54) is 6.07 Å². The summed E-state index contributed by atoms with van der Waals surface area (Å²) >= 11 is 0. The van der Waals surface area contributed by atoms with Crippen molar-refractivity contribution in [1.82, 2.24) is 15.0 Å². The predicted molar refractivity (Wildman–Crippen MR) is 92.1 cm³/mol. The summed E-state index contributed by atoms with van der Waals surface area (Å²) in [6.07, 6.45) is 2.27. The molecule has 4 rings (SSSR count). The Morgan fingerprint density at radius 1 is 1.00 bits per heavy atom. The van der Waals surface area contributed by atoms with Crippen LogP contribution < -0.4 is 9.80 Å². The van der Waals surface area contributed by atoms with E-state index in [4.69, 9.17) is 0 Å². The van der Waals surface area contributed by atoms with Gasteiger partial charge in [-0.05, 0) is 43.4 Å². The molecule has 0 spiro atoms. The normalized spacial score (nSPS) is 23.2. The molecule has 2 aromatic heterocycles. The summed E-state index contributed by atoms with van der Waals surface area (Å²) in [7, 11) is 0. The van der Waals surface area contributed by atoms with Crippen molar-refractivity contribution in [2.45, 2.75) is 32.0 Å². The first-order valence-corrected chi connectivity index (χ1v) is 8.75. The fourth-order valence-corrected chi connectivity index (χ4v) is 3.87. The molecule has 2 aliphatic heterocycles. The molecular formula is C18H20F3N5. The number of rotatable bonds is 2. The molecule has 8 heteroatoms. The first kappa shape index (κ1) is 17.1. The van der Waals surface area contributed by atoms with E-state index in [-0.39, 0.29) is 6.04 Å². The fraction of sp³-hybridized carbons (Fsp3) is 0.500. The van der Waals surface area contributed by atoms with Crippen molar-refractivity contribution in [1.29, 1.82) is 0 Å². The number of piperidine rings is 1. The second-order valence-electron chi connectivity index (χ2n) is 7.01. The van der Waals surface area contributed by atoms with E-state index in [9.17, 15) is 13.2 Å². The largest absolute Gasteiger partial charge is 0.417 e. The minimum atomic E-state index is -4.36. The summed E-state index contributed by atoms with van der Waals surface area (Å²) in [5.74, 6) is 1.88. The zero-order valence-corrected chi connectivity index (χ0v) is 14.4. The van der Waals surface area contributed by atoms with Gasteiger partial charge < -0.3 is 9.80 Å². The number of alkyl halides is 3. The maximum atomic E-state index is 12.7. The summed E-state index contributed by atoms with van der Waals surface area (Å²) in [4.78, 5) is 17.2. The van der Waals surface area contributed by atoms with Gasteiger partial charge in [-0.2, -0.15) is 13.2 Å². The SMILES string of the molecule is Cc1cnc(N2CCC3CCN(c4ccc(C(F)(F)F)cn4)CC32)nc1. The van der Waals surface area contributed by atoms with Gasteiger partial charge in [0.15, 0.2) is 0 Å². The molecule has 5 nitrogen and oxygen atoms in total. The number of fused-ring (bicyclic) bond motifs is 1. The van der Waals surface area contributed by atoms with E-state index in [0.29, 0.717) is 11.7 Å². The molecule has 2 saturated heterocycles. The molecule has 2 aliphatic rings. The molecule has 2 aromatic rings. The molecule has 2 fully saturated rings. The molecule has 2 atom stereocenters. The minimum absolute atomic E-state index is 0.260. The third kappa shape index (κ3) is 3.20. The third-order valence-electron chi connectivity index (χ3n) is 5.29. The van der Waals surface area contributed by atoms with Crippen molar-refractivity contribution in [3.05, 3.63) is 41.9 Å². The predicted octanol–water partition coefficient (Wildman–Crippen LogP) is 3.30. The summed E-state index contributed by atoms with van der Waals surface area (Å²) in [5.41, 5.74) is 0.301. The van der Waals surface area contributed by atoms with E-state index in [0.717, 1.165) is 56.3 Å². The van der Waals surface area contributed by atoms with Crippen LogP contribution >= 0.6 is 0 Å². The van der Waals surface area contributed by atoms with Crippen LogP contribution in [-0.2, 0) is 6.18 Å². The topological polar surface area (TPSA) is 45.2 Å². The summed E-state index contributed by atoms with van der Waals surface area (Å²) in [6.45, 7) is 4.39. The van der Waals surface area contributed by atoms with E-state index in [1.54, 1.807) is 0 Å². The Bertz CT molecular complexity index is 760. The lowest BCUT2D eigenvalue weighted by Crippen LogP contribution is -2.49. The number of aryl methyl sites for hydroxylation is 1. The number of hydrogen-bond donors (Lipinski definition) is 0. The molecular weight excluding hydrogens is 343 g/mol. The Morgan fingerprint density at radius 3 is 2.38 bits per heavy atom. The molecule has 0 aliphatic carbocycles. The van der Waals surface area contributed by atoms with E-state index >= 15 is 0 Å². The summed E-state index contributed by atoms with van der Waals surface area (Å²) < 4.78 is 38.2. The maximum absolute atomic E-state index is 12.7. The molecule has 2 unspecified atom stereocenters. The highest BCUT2D eigenvalue weighted by molar-refractivity contribution is 5.44. The molecule has 0 bridgehead atoms. The quantitative estimate of drug-likeness (QED) is 0.819. The van der Waals surface area contributed by atoms with Crippen molar-refractivity contribution in [2.24, 2.45) is 5.92 Å². The van der Waals surface area contributed by atoms with Gasteiger partial charge in [0, 0.05) is 38.2 Å². The second kappa shape index (κ2) is 6.41. The highest BCUT2D eigenvalue weighted by Gasteiger charge is 2.40. The number of anilines is 2. The average molecular weight is 363 g/mol. The van der Waals surface area contributed by atoms with Gasteiger partial charge in [0.1, 0.15) is 5.82 Å². The number of nitrogens with zero attached hydrogens (tertiary/aromatic N) is 5. The van der Waals surface area contributed by atoms with Crippen molar-refractivity contribution in [3.8, 4) is 0 Å². The van der Waals surface area contributed by atoms with Gasteiger partial charge in [0.2, 0.25) is 5.95 Å². The van der Waals surface area contributed by atoms with Crippen LogP contribution in [0.5, 0.6) is 0 Å². The van der Waals surface area contributed by atoms with Crippen LogP contribution in [0.4, 0.5) is 24.9 Å². The highest BCUT2D eigenvalue weighted by Crippen LogP contribution is 2.35. The van der Waals surface area contributed by atoms with Gasteiger partial charge in [-0.1, -0.05) is 0 Å². The number of hydrogen-bond acceptors (Lipinski definition) is 5. The fourth-order valence-electron chi connectivity index (χ4n) is 3.87. The molecule has 0 N–H and O–H groups in total. The lowest BCUT2D eigenvalue weighted by atomic mass is 9.92. The van der Waals surface area contributed by atoms with Crippen LogP contribution in [0.1, 0.15) is 24.0 Å². The first-order valence-electron chi connectivity index (χ1n) is 8.75. The van der Waals surface area contributed by atoms with E-state index in [1.807, 2.05) is 19.3 Å². The second-order valence-corrected chi connectivity index (χ2v) is 7.01. The Labute approximate surface area is 149 Å². The molecule has 138 valence electrons. The molecule has 0 aromatic carbocycles. The van der Waals surface area contributed by atoms with Crippen LogP contribution in [0.2, 0.25) is 0 Å². The molecule has 0 radical (unpaired) electrons. The Morgan fingerprint density at radius 2 is 1.73 bits per heavy atom. The lowest BCUT2D eigenvalue weighted by Gasteiger charge is -2.39. The molecule has 0 saturated carbocycles. The zero-order valence-electron chi connectivity index (χ0n) is 14.4. The Hall–Kier alpha value is -2.38. The monoisotopic (exact) mass is 363 g/mol. The van der Waals surface area contributed by atoms with Crippen LogP contribution in [0.3, 0.4) is 0 Å². The van der Waals surface area contributed by atoms with E-state index < -0.39 is 11.7 Å². The van der Waals surface area contributed by atoms with Gasteiger partial charge in [-0.3, -0.25) is 0 Å². The van der Waals surface area contributed by atoms with Gasteiger partial charge >= 0.3 is 6.18 Å². The average Bonchev–Trinajstić information content (AvgIpc) is 3.05. The zero-order chi connectivity index (χ0) is 18.3. The smallest absolute Gasteiger partial charge is 0.355 e. The van der Waals surface area contributed by atoms with Crippen molar-refractivity contribution < 1.29 is 13.2 Å².